The summed E-state index contributed by atoms with van der Waals surface area (Å²) in [4.78, 5) is 27.7. The number of amides is 1. The molecule has 6 heteroatoms. The van der Waals surface area contributed by atoms with Crippen LogP contribution in [0.2, 0.25) is 5.15 Å². The highest BCUT2D eigenvalue weighted by Crippen LogP contribution is 2.33. The van der Waals surface area contributed by atoms with Gasteiger partial charge in [0.05, 0.1) is 17.1 Å². The number of hydrogen-bond donors (Lipinski definition) is 1. The maximum Gasteiger partial charge on any atom is 0.273 e. The number of hydrogen-bond acceptors (Lipinski definition) is 3. The SMILES string of the molecule is O=C(c1nc(Cl)cc2ccccc12)N1CCC[C@H]1c1nc2ccccc2[nH]1. The van der Waals surface area contributed by atoms with Crippen molar-refractivity contribution in [3.63, 3.8) is 0 Å². The van der Waals surface area contributed by atoms with E-state index in [9.17, 15) is 4.79 Å². The highest BCUT2D eigenvalue weighted by molar-refractivity contribution is 6.30. The first kappa shape index (κ1) is 16.3. The summed E-state index contributed by atoms with van der Waals surface area (Å²) >= 11 is 6.18. The standard InChI is InChI=1S/C21H17ClN4O/c22-18-12-13-6-1-2-7-14(13)19(25-18)21(27)26-11-5-10-17(26)20-23-15-8-3-4-9-16(15)24-20/h1-4,6-9,12,17H,5,10-11H2,(H,23,24)/t17-/m0/s1. The van der Waals surface area contributed by atoms with Crippen LogP contribution in [-0.4, -0.2) is 32.3 Å². The normalized spacial score (nSPS) is 17.1. The Labute approximate surface area is 161 Å². The van der Waals surface area contributed by atoms with Gasteiger partial charge >= 0.3 is 0 Å². The summed E-state index contributed by atoms with van der Waals surface area (Å²) in [6, 6.07) is 17.3. The molecule has 5 rings (SSSR count). The topological polar surface area (TPSA) is 61.9 Å². The first-order valence-electron chi connectivity index (χ1n) is 9.01. The van der Waals surface area contributed by atoms with E-state index in [0.717, 1.165) is 40.5 Å². The number of carbonyl (C=O) groups is 1. The number of imidazole rings is 1. The van der Waals surface area contributed by atoms with Crippen LogP contribution in [0.3, 0.4) is 0 Å². The molecular weight excluding hydrogens is 360 g/mol. The van der Waals surface area contributed by atoms with Gasteiger partial charge in [0.2, 0.25) is 0 Å². The van der Waals surface area contributed by atoms with Gasteiger partial charge in [-0.25, -0.2) is 9.97 Å². The van der Waals surface area contributed by atoms with Crippen molar-refractivity contribution in [2.24, 2.45) is 0 Å². The number of likely N-dealkylation sites (tertiary alicyclic amines) is 1. The molecule has 2 aromatic heterocycles. The number of nitrogens with one attached hydrogen (secondary N) is 1. The van der Waals surface area contributed by atoms with Crippen LogP contribution < -0.4 is 0 Å². The molecule has 1 aliphatic rings. The number of aromatic nitrogens is 3. The van der Waals surface area contributed by atoms with Gasteiger partial charge in [0, 0.05) is 11.9 Å². The Kier molecular flexibility index (Phi) is 3.83. The maximum absolute atomic E-state index is 13.4. The van der Waals surface area contributed by atoms with Gasteiger partial charge in [0.15, 0.2) is 0 Å². The predicted octanol–water partition coefficient (Wildman–Crippen LogP) is 4.74. The Morgan fingerprint density at radius 3 is 2.81 bits per heavy atom. The lowest BCUT2D eigenvalue weighted by atomic mass is 10.1. The third kappa shape index (κ3) is 2.75. The molecule has 1 saturated heterocycles. The van der Waals surface area contributed by atoms with Crippen LogP contribution >= 0.6 is 11.6 Å². The molecule has 0 aliphatic carbocycles. The van der Waals surface area contributed by atoms with Gasteiger partial charge in [-0.3, -0.25) is 4.79 Å². The Morgan fingerprint density at radius 2 is 1.93 bits per heavy atom. The van der Waals surface area contributed by atoms with Crippen LogP contribution in [0.5, 0.6) is 0 Å². The third-order valence-electron chi connectivity index (χ3n) is 5.15. The molecule has 2 aromatic carbocycles. The molecule has 3 heterocycles. The van der Waals surface area contributed by atoms with Crippen molar-refractivity contribution < 1.29 is 4.79 Å². The van der Waals surface area contributed by atoms with Gasteiger partial charge in [0.25, 0.3) is 5.91 Å². The lowest BCUT2D eigenvalue weighted by Crippen LogP contribution is -2.32. The second-order valence-corrected chi connectivity index (χ2v) is 7.20. The highest BCUT2D eigenvalue weighted by atomic mass is 35.5. The second kappa shape index (κ2) is 6.35. The number of aromatic amines is 1. The molecule has 1 fully saturated rings. The van der Waals surface area contributed by atoms with Crippen LogP contribution in [0.25, 0.3) is 21.8 Å². The van der Waals surface area contributed by atoms with Gasteiger partial charge in [-0.05, 0) is 36.4 Å². The number of pyridine rings is 1. The first-order chi connectivity index (χ1) is 13.2. The average Bonchev–Trinajstić information content (AvgIpc) is 3.33. The molecule has 4 aromatic rings. The molecule has 1 aliphatic heterocycles. The van der Waals surface area contributed by atoms with Gasteiger partial charge in [0.1, 0.15) is 16.7 Å². The molecule has 0 bridgehead atoms. The van der Waals surface area contributed by atoms with Crippen LogP contribution in [0.1, 0.15) is 35.2 Å². The summed E-state index contributed by atoms with van der Waals surface area (Å²) in [7, 11) is 0. The van der Waals surface area contributed by atoms with E-state index < -0.39 is 0 Å². The molecule has 1 atom stereocenters. The van der Waals surface area contributed by atoms with E-state index in [-0.39, 0.29) is 11.9 Å². The van der Waals surface area contributed by atoms with Gasteiger partial charge in [-0.15, -0.1) is 0 Å². The van der Waals surface area contributed by atoms with Crippen molar-refractivity contribution in [2.45, 2.75) is 18.9 Å². The van der Waals surface area contributed by atoms with E-state index >= 15 is 0 Å². The van der Waals surface area contributed by atoms with Gasteiger partial charge in [-0.1, -0.05) is 48.0 Å². The minimum atomic E-state index is -0.100. The fraction of sp³-hybridized carbons (Fsp3) is 0.190. The van der Waals surface area contributed by atoms with Crippen molar-refractivity contribution >= 4 is 39.3 Å². The summed E-state index contributed by atoms with van der Waals surface area (Å²) in [5.41, 5.74) is 2.30. The van der Waals surface area contributed by atoms with E-state index in [1.807, 2.05) is 53.4 Å². The molecular formula is C21H17ClN4O. The van der Waals surface area contributed by atoms with Gasteiger partial charge < -0.3 is 9.88 Å². The number of para-hydroxylation sites is 2. The molecule has 0 unspecified atom stereocenters. The number of fused-ring (bicyclic) bond motifs is 2. The number of nitrogens with zero attached hydrogens (tertiary/aromatic N) is 3. The monoisotopic (exact) mass is 376 g/mol. The van der Waals surface area contributed by atoms with E-state index in [2.05, 4.69) is 9.97 Å². The minimum Gasteiger partial charge on any atom is -0.340 e. The smallest absolute Gasteiger partial charge is 0.273 e. The zero-order valence-electron chi connectivity index (χ0n) is 14.5. The summed E-state index contributed by atoms with van der Waals surface area (Å²) < 4.78 is 0. The Balaban J connectivity index is 1.56. The zero-order chi connectivity index (χ0) is 18.4. The highest BCUT2D eigenvalue weighted by Gasteiger charge is 2.34. The van der Waals surface area contributed by atoms with Crippen LogP contribution in [-0.2, 0) is 0 Å². The summed E-state index contributed by atoms with van der Waals surface area (Å²) in [6.07, 6.45) is 1.82. The minimum absolute atomic E-state index is 0.0792. The fourth-order valence-corrected chi connectivity index (χ4v) is 4.09. The van der Waals surface area contributed by atoms with Crippen LogP contribution in [0.4, 0.5) is 0 Å². The molecule has 134 valence electrons. The largest absolute Gasteiger partial charge is 0.340 e. The van der Waals surface area contributed by atoms with Crippen molar-refractivity contribution in [3.8, 4) is 0 Å². The van der Waals surface area contributed by atoms with E-state index in [1.54, 1.807) is 6.07 Å². The molecule has 27 heavy (non-hydrogen) atoms. The zero-order valence-corrected chi connectivity index (χ0v) is 15.3. The molecule has 0 saturated carbocycles. The van der Waals surface area contributed by atoms with E-state index in [1.165, 1.54) is 0 Å². The summed E-state index contributed by atoms with van der Waals surface area (Å²) in [6.45, 7) is 0.684. The van der Waals surface area contributed by atoms with Crippen molar-refractivity contribution in [1.82, 2.24) is 19.9 Å². The number of benzene rings is 2. The first-order valence-corrected chi connectivity index (χ1v) is 9.39. The van der Waals surface area contributed by atoms with E-state index in [4.69, 9.17) is 16.6 Å². The molecule has 1 N–H and O–H groups in total. The predicted molar refractivity (Wildman–Crippen MR) is 106 cm³/mol. The molecule has 0 spiro atoms. The van der Waals surface area contributed by atoms with Crippen molar-refractivity contribution in [2.75, 3.05) is 6.54 Å². The summed E-state index contributed by atoms with van der Waals surface area (Å²) in [5, 5.41) is 2.07. The number of rotatable bonds is 2. The van der Waals surface area contributed by atoms with E-state index in [0.29, 0.717) is 17.4 Å². The van der Waals surface area contributed by atoms with Gasteiger partial charge in [-0.2, -0.15) is 0 Å². The second-order valence-electron chi connectivity index (χ2n) is 6.81. The Morgan fingerprint density at radius 1 is 1.11 bits per heavy atom. The van der Waals surface area contributed by atoms with Crippen LogP contribution in [0, 0.1) is 0 Å². The van der Waals surface area contributed by atoms with Crippen molar-refractivity contribution in [3.05, 3.63) is 71.3 Å². The third-order valence-corrected chi connectivity index (χ3v) is 5.34. The molecule has 0 radical (unpaired) electrons. The lowest BCUT2D eigenvalue weighted by molar-refractivity contribution is 0.0727. The lowest BCUT2D eigenvalue weighted by Gasteiger charge is -2.23. The quantitative estimate of drug-likeness (QED) is 0.514. The number of halogens is 1. The molecule has 1 amide bonds. The molecule has 5 nitrogen and oxygen atoms in total. The number of H-pyrrole nitrogens is 1. The van der Waals surface area contributed by atoms with Crippen LogP contribution in [0.15, 0.2) is 54.6 Å². The average molecular weight is 377 g/mol. The Bertz CT molecular complexity index is 1140. The summed E-state index contributed by atoms with van der Waals surface area (Å²) in [5.74, 6) is 0.727. The maximum atomic E-state index is 13.4. The fourth-order valence-electron chi connectivity index (χ4n) is 3.89. The van der Waals surface area contributed by atoms with Crippen molar-refractivity contribution in [1.29, 1.82) is 0 Å². The Hall–Kier alpha value is -2.92. The number of carbonyl (C=O) groups excluding carboxylic acids is 1.